The maximum absolute atomic E-state index is 13.1. The van der Waals surface area contributed by atoms with Crippen molar-refractivity contribution in [2.24, 2.45) is 0 Å². The summed E-state index contributed by atoms with van der Waals surface area (Å²) in [5.74, 6) is 1.47. The molecule has 0 aliphatic heterocycles. The fourth-order valence-electron chi connectivity index (χ4n) is 3.64. The van der Waals surface area contributed by atoms with Crippen LogP contribution < -0.4 is 28.4 Å². The van der Waals surface area contributed by atoms with E-state index < -0.39 is 10.0 Å². The lowest BCUT2D eigenvalue weighted by atomic mass is 10.1. The third kappa shape index (κ3) is 6.56. The van der Waals surface area contributed by atoms with E-state index in [-0.39, 0.29) is 28.3 Å². The number of anilines is 1. The smallest absolute Gasteiger partial charge is 0.256 e. The zero-order valence-electron chi connectivity index (χ0n) is 22.0. The second kappa shape index (κ2) is 12.6. The number of ether oxygens (including phenoxy) is 5. The number of rotatable bonds is 11. The van der Waals surface area contributed by atoms with Gasteiger partial charge in [-0.05, 0) is 35.9 Å². The Labute approximate surface area is 237 Å². The zero-order chi connectivity index (χ0) is 28.7. The molecule has 1 N–H and O–H groups in total. The Hall–Kier alpha value is -4.48. The van der Waals surface area contributed by atoms with Gasteiger partial charge in [0.05, 0.1) is 33.8 Å². The Morgan fingerprint density at radius 1 is 0.750 bits per heavy atom. The van der Waals surface area contributed by atoms with Gasteiger partial charge < -0.3 is 23.7 Å². The maximum Gasteiger partial charge on any atom is 0.256 e. The first-order valence-electron chi connectivity index (χ1n) is 11.7. The van der Waals surface area contributed by atoms with Gasteiger partial charge in [-0.25, -0.2) is 18.4 Å². The van der Waals surface area contributed by atoms with Crippen LogP contribution in [0.15, 0.2) is 72.1 Å². The molecular weight excluding hydrogens is 558 g/mol. The average molecular weight is 584 g/mol. The van der Waals surface area contributed by atoms with E-state index in [1.54, 1.807) is 60.7 Å². The molecule has 0 spiro atoms. The average Bonchev–Trinajstić information content (AvgIpc) is 2.97. The molecule has 4 rings (SSSR count). The first kappa shape index (κ1) is 28.5. The molecule has 0 fully saturated rings. The molecule has 10 nitrogen and oxygen atoms in total. The highest BCUT2D eigenvalue weighted by atomic mass is 35.5. The number of methoxy groups -OCH3 is 4. The molecule has 1 heterocycles. The lowest BCUT2D eigenvalue weighted by Gasteiger charge is -2.17. The molecule has 12 heteroatoms. The van der Waals surface area contributed by atoms with Gasteiger partial charge in [-0.1, -0.05) is 54.1 Å². The van der Waals surface area contributed by atoms with Gasteiger partial charge in [0.15, 0.2) is 39.8 Å². The number of aromatic nitrogens is 2. The van der Waals surface area contributed by atoms with E-state index in [0.29, 0.717) is 34.1 Å². The molecule has 1 aromatic heterocycles. The second-order valence-corrected chi connectivity index (χ2v) is 9.97. The molecule has 0 radical (unpaired) electrons. The van der Waals surface area contributed by atoms with Crippen molar-refractivity contribution in [3.8, 4) is 45.9 Å². The van der Waals surface area contributed by atoms with Crippen LogP contribution in [-0.2, 0) is 10.0 Å². The van der Waals surface area contributed by atoms with Crippen molar-refractivity contribution in [3.63, 3.8) is 0 Å². The minimum absolute atomic E-state index is 0.0707. The summed E-state index contributed by atoms with van der Waals surface area (Å²) in [5, 5.41) is 0.860. The standard InChI is InChI=1S/C28H26ClN3O7S/c1-35-20-12-8-9-13-21(20)39-25-26(29)30-27(19-16-22(36-2)24(38-4)23(17-19)37-3)31-28(25)32-40(33,34)15-14-18-10-6-5-7-11-18/h5-17H,1-4H3,(H,30,31,32)/b15-14+. The van der Waals surface area contributed by atoms with Gasteiger partial charge in [0, 0.05) is 5.56 Å². The minimum atomic E-state index is -4.08. The van der Waals surface area contributed by atoms with Crippen LogP contribution in [-0.4, -0.2) is 46.8 Å². The van der Waals surface area contributed by atoms with E-state index in [1.165, 1.54) is 34.5 Å². The topological polar surface area (TPSA) is 118 Å². The fourth-order valence-corrected chi connectivity index (χ4v) is 4.66. The summed E-state index contributed by atoms with van der Waals surface area (Å²) in [5.41, 5.74) is 1.11. The van der Waals surface area contributed by atoms with E-state index in [0.717, 1.165) is 5.41 Å². The van der Waals surface area contributed by atoms with Gasteiger partial charge in [0.2, 0.25) is 11.5 Å². The number of hydrogen-bond donors (Lipinski definition) is 1. The number of sulfonamides is 1. The van der Waals surface area contributed by atoms with Gasteiger partial charge in [-0.15, -0.1) is 0 Å². The Kier molecular flexibility index (Phi) is 8.97. The summed E-state index contributed by atoms with van der Waals surface area (Å²) in [4.78, 5) is 8.83. The molecule has 0 unspecified atom stereocenters. The molecule has 0 saturated heterocycles. The van der Waals surface area contributed by atoms with Crippen LogP contribution in [0, 0.1) is 0 Å². The van der Waals surface area contributed by atoms with E-state index in [1.807, 2.05) is 6.07 Å². The number of nitrogens with zero attached hydrogens (tertiary/aromatic N) is 2. The number of para-hydroxylation sites is 2. The molecule has 3 aromatic carbocycles. The Morgan fingerprint density at radius 2 is 1.35 bits per heavy atom. The molecule has 40 heavy (non-hydrogen) atoms. The lowest BCUT2D eigenvalue weighted by Crippen LogP contribution is -2.12. The summed E-state index contributed by atoms with van der Waals surface area (Å²) in [7, 11) is 1.82. The Balaban J connectivity index is 1.84. The molecule has 4 aromatic rings. The molecule has 0 saturated carbocycles. The van der Waals surface area contributed by atoms with E-state index in [4.69, 9.17) is 35.3 Å². The van der Waals surface area contributed by atoms with Gasteiger partial charge in [0.25, 0.3) is 10.0 Å². The number of halogens is 1. The van der Waals surface area contributed by atoms with E-state index in [2.05, 4.69) is 14.7 Å². The quantitative estimate of drug-likeness (QED) is 0.211. The Morgan fingerprint density at radius 3 is 1.95 bits per heavy atom. The summed E-state index contributed by atoms with van der Waals surface area (Å²) < 4.78 is 56.2. The van der Waals surface area contributed by atoms with Gasteiger partial charge in [-0.2, -0.15) is 0 Å². The zero-order valence-corrected chi connectivity index (χ0v) is 23.6. The normalized spacial score (nSPS) is 11.2. The Bertz CT molecular complexity index is 1610. The SMILES string of the molecule is COc1ccccc1Oc1c(Cl)nc(-c2cc(OC)c(OC)c(OC)c2)nc1NS(=O)(=O)/C=C/c1ccccc1. The lowest BCUT2D eigenvalue weighted by molar-refractivity contribution is 0.324. The van der Waals surface area contributed by atoms with Crippen molar-refractivity contribution in [2.75, 3.05) is 33.2 Å². The van der Waals surface area contributed by atoms with Crippen LogP contribution in [0.2, 0.25) is 5.15 Å². The highest BCUT2D eigenvalue weighted by Crippen LogP contribution is 2.43. The van der Waals surface area contributed by atoms with Gasteiger partial charge in [0.1, 0.15) is 0 Å². The number of hydrogen-bond acceptors (Lipinski definition) is 9. The predicted octanol–water partition coefficient (Wildman–Crippen LogP) is 6.04. The minimum Gasteiger partial charge on any atom is -0.493 e. The maximum atomic E-state index is 13.1. The van der Waals surface area contributed by atoms with Crippen LogP contribution in [0.1, 0.15) is 5.56 Å². The molecule has 0 amide bonds. The second-order valence-electron chi connectivity index (χ2n) is 8.04. The molecule has 208 valence electrons. The third-order valence-corrected chi connectivity index (χ3v) is 6.73. The molecular formula is C28H26ClN3O7S. The fraction of sp³-hybridized carbons (Fsp3) is 0.143. The van der Waals surface area contributed by atoms with Gasteiger partial charge >= 0.3 is 0 Å². The molecule has 0 aliphatic carbocycles. The first-order valence-corrected chi connectivity index (χ1v) is 13.7. The van der Waals surface area contributed by atoms with Crippen LogP contribution in [0.25, 0.3) is 17.5 Å². The van der Waals surface area contributed by atoms with Crippen LogP contribution in [0.3, 0.4) is 0 Å². The third-order valence-electron chi connectivity index (χ3n) is 5.51. The van der Waals surface area contributed by atoms with Crippen molar-refractivity contribution in [2.45, 2.75) is 0 Å². The van der Waals surface area contributed by atoms with Crippen molar-refractivity contribution < 1.29 is 32.1 Å². The summed E-state index contributed by atoms with van der Waals surface area (Å²) in [6.45, 7) is 0. The van der Waals surface area contributed by atoms with Crippen LogP contribution >= 0.6 is 11.6 Å². The van der Waals surface area contributed by atoms with Crippen molar-refractivity contribution in [1.82, 2.24) is 9.97 Å². The van der Waals surface area contributed by atoms with Crippen molar-refractivity contribution in [3.05, 3.63) is 82.9 Å². The van der Waals surface area contributed by atoms with E-state index >= 15 is 0 Å². The largest absolute Gasteiger partial charge is 0.493 e. The molecule has 0 bridgehead atoms. The number of nitrogens with one attached hydrogen (secondary N) is 1. The summed E-state index contributed by atoms with van der Waals surface area (Å²) in [6.07, 6.45) is 1.45. The highest BCUT2D eigenvalue weighted by molar-refractivity contribution is 7.95. The van der Waals surface area contributed by atoms with Crippen LogP contribution in [0.4, 0.5) is 5.82 Å². The predicted molar refractivity (Wildman–Crippen MR) is 153 cm³/mol. The highest BCUT2D eigenvalue weighted by Gasteiger charge is 2.23. The number of benzene rings is 3. The van der Waals surface area contributed by atoms with Gasteiger partial charge in [-0.3, -0.25) is 4.72 Å². The summed E-state index contributed by atoms with van der Waals surface area (Å²) in [6, 6.07) is 19.0. The molecule has 0 atom stereocenters. The monoisotopic (exact) mass is 583 g/mol. The van der Waals surface area contributed by atoms with Crippen molar-refractivity contribution >= 4 is 33.5 Å². The summed E-state index contributed by atoms with van der Waals surface area (Å²) >= 11 is 6.58. The van der Waals surface area contributed by atoms with Crippen molar-refractivity contribution in [1.29, 1.82) is 0 Å². The first-order chi connectivity index (χ1) is 19.3. The molecule has 0 aliphatic rings. The van der Waals surface area contributed by atoms with E-state index in [9.17, 15) is 8.42 Å². The van der Waals surface area contributed by atoms with Crippen LogP contribution in [0.5, 0.6) is 34.5 Å².